The third-order valence-corrected chi connectivity index (χ3v) is 4.01. The number of halogens is 1. The zero-order chi connectivity index (χ0) is 13.7. The van der Waals surface area contributed by atoms with Gasteiger partial charge in [0.15, 0.2) is 0 Å². The fourth-order valence-corrected chi connectivity index (χ4v) is 3.11. The SMILES string of the molecule is Cc1nc2c([nH]1)CN(c1cc(Cl)cc3[nH]ncc13)CC2. The number of nitrogens with zero attached hydrogens (tertiary/aromatic N) is 3. The van der Waals surface area contributed by atoms with E-state index in [2.05, 4.69) is 25.1 Å². The smallest absolute Gasteiger partial charge is 0.103 e. The topological polar surface area (TPSA) is 60.6 Å². The molecule has 2 N–H and O–H groups in total. The number of anilines is 1. The summed E-state index contributed by atoms with van der Waals surface area (Å²) >= 11 is 6.21. The van der Waals surface area contributed by atoms with Crippen molar-refractivity contribution in [2.24, 2.45) is 0 Å². The lowest BCUT2D eigenvalue weighted by Gasteiger charge is -2.29. The maximum Gasteiger partial charge on any atom is 0.103 e. The number of aromatic nitrogens is 4. The second-order valence-electron chi connectivity index (χ2n) is 5.18. The van der Waals surface area contributed by atoms with Gasteiger partial charge in [-0.2, -0.15) is 5.10 Å². The first-order valence-corrected chi connectivity index (χ1v) is 7.00. The summed E-state index contributed by atoms with van der Waals surface area (Å²) in [5, 5.41) is 8.93. The first-order valence-electron chi connectivity index (χ1n) is 6.62. The summed E-state index contributed by atoms with van der Waals surface area (Å²) in [5.74, 6) is 0.983. The van der Waals surface area contributed by atoms with Gasteiger partial charge in [-0.15, -0.1) is 0 Å². The van der Waals surface area contributed by atoms with Crippen LogP contribution >= 0.6 is 11.6 Å². The van der Waals surface area contributed by atoms with Gasteiger partial charge in [-0.1, -0.05) is 11.6 Å². The van der Waals surface area contributed by atoms with Crippen LogP contribution in [-0.2, 0) is 13.0 Å². The lowest BCUT2D eigenvalue weighted by molar-refractivity contribution is 0.713. The molecule has 0 saturated carbocycles. The van der Waals surface area contributed by atoms with Gasteiger partial charge in [-0.05, 0) is 19.1 Å². The van der Waals surface area contributed by atoms with E-state index in [1.165, 1.54) is 11.4 Å². The van der Waals surface area contributed by atoms with Crippen LogP contribution in [0.5, 0.6) is 0 Å². The molecular weight excluding hydrogens is 274 g/mol. The molecule has 0 amide bonds. The molecule has 20 heavy (non-hydrogen) atoms. The first-order chi connectivity index (χ1) is 9.70. The Morgan fingerprint density at radius 1 is 1.35 bits per heavy atom. The number of hydrogen-bond donors (Lipinski definition) is 2. The van der Waals surface area contributed by atoms with Crippen molar-refractivity contribution in [1.82, 2.24) is 20.2 Å². The minimum atomic E-state index is 0.725. The molecule has 5 nitrogen and oxygen atoms in total. The van der Waals surface area contributed by atoms with E-state index in [0.717, 1.165) is 46.9 Å². The average Bonchev–Trinajstić information content (AvgIpc) is 3.01. The van der Waals surface area contributed by atoms with Gasteiger partial charge in [-0.3, -0.25) is 5.10 Å². The highest BCUT2D eigenvalue weighted by Gasteiger charge is 2.21. The molecule has 0 fully saturated rings. The lowest BCUT2D eigenvalue weighted by Crippen LogP contribution is -2.30. The van der Waals surface area contributed by atoms with E-state index >= 15 is 0 Å². The number of fused-ring (bicyclic) bond motifs is 2. The predicted octanol–water partition coefficient (Wildman–Crippen LogP) is 2.81. The van der Waals surface area contributed by atoms with Crippen LogP contribution in [0.15, 0.2) is 18.3 Å². The molecule has 102 valence electrons. The normalized spacial score (nSPS) is 14.8. The summed E-state index contributed by atoms with van der Waals surface area (Å²) in [4.78, 5) is 10.2. The van der Waals surface area contributed by atoms with Gasteiger partial charge in [-0.25, -0.2) is 4.98 Å². The van der Waals surface area contributed by atoms with E-state index in [9.17, 15) is 0 Å². The summed E-state index contributed by atoms with van der Waals surface area (Å²) in [6, 6.07) is 3.91. The number of H-pyrrole nitrogens is 2. The summed E-state index contributed by atoms with van der Waals surface area (Å²) in [5.41, 5.74) is 4.48. The Labute approximate surface area is 121 Å². The zero-order valence-electron chi connectivity index (χ0n) is 11.1. The minimum absolute atomic E-state index is 0.725. The first kappa shape index (κ1) is 11.8. The number of benzene rings is 1. The van der Waals surface area contributed by atoms with E-state index in [-0.39, 0.29) is 0 Å². The maximum atomic E-state index is 6.21. The van der Waals surface area contributed by atoms with E-state index in [4.69, 9.17) is 11.6 Å². The number of rotatable bonds is 1. The van der Waals surface area contributed by atoms with Crippen molar-refractivity contribution in [2.75, 3.05) is 11.4 Å². The maximum absolute atomic E-state index is 6.21. The van der Waals surface area contributed by atoms with Crippen LogP contribution in [0.2, 0.25) is 5.02 Å². The molecule has 3 aromatic rings. The molecule has 1 aromatic carbocycles. The van der Waals surface area contributed by atoms with Gasteiger partial charge in [0.05, 0.1) is 29.6 Å². The number of hydrogen-bond acceptors (Lipinski definition) is 3. The quantitative estimate of drug-likeness (QED) is 0.723. The van der Waals surface area contributed by atoms with Crippen molar-refractivity contribution >= 4 is 28.2 Å². The van der Waals surface area contributed by atoms with Crippen LogP contribution in [0.25, 0.3) is 10.9 Å². The molecule has 0 unspecified atom stereocenters. The third-order valence-electron chi connectivity index (χ3n) is 3.79. The second-order valence-corrected chi connectivity index (χ2v) is 5.61. The van der Waals surface area contributed by atoms with Gasteiger partial charge in [0.2, 0.25) is 0 Å². The van der Waals surface area contributed by atoms with Crippen LogP contribution < -0.4 is 4.90 Å². The average molecular weight is 288 g/mol. The van der Waals surface area contributed by atoms with Crippen LogP contribution in [0.4, 0.5) is 5.69 Å². The Morgan fingerprint density at radius 2 is 2.25 bits per heavy atom. The molecule has 1 aliphatic heterocycles. The van der Waals surface area contributed by atoms with Gasteiger partial charge in [0.25, 0.3) is 0 Å². The Bertz CT molecular complexity index is 788. The number of aryl methyl sites for hydroxylation is 1. The van der Waals surface area contributed by atoms with E-state index in [1.807, 2.05) is 25.3 Å². The van der Waals surface area contributed by atoms with Crippen LogP contribution in [0.3, 0.4) is 0 Å². The van der Waals surface area contributed by atoms with Gasteiger partial charge in [0.1, 0.15) is 5.82 Å². The standard InChI is InChI=1S/C14H14ClN5/c1-8-17-11-2-3-20(7-13(11)18-8)14-5-9(15)4-12-10(14)6-16-19-12/h4-6H,2-3,7H2,1H3,(H,16,19)(H,17,18). The second kappa shape index (κ2) is 4.24. The molecule has 0 saturated heterocycles. The highest BCUT2D eigenvalue weighted by atomic mass is 35.5. The van der Waals surface area contributed by atoms with Crippen LogP contribution in [0.1, 0.15) is 17.2 Å². The largest absolute Gasteiger partial charge is 0.365 e. The Hall–Kier alpha value is -2.01. The van der Waals surface area contributed by atoms with E-state index in [0.29, 0.717) is 0 Å². The van der Waals surface area contributed by atoms with E-state index in [1.54, 1.807) is 0 Å². The summed E-state index contributed by atoms with van der Waals surface area (Å²) < 4.78 is 0. The van der Waals surface area contributed by atoms with Crippen molar-refractivity contribution in [3.8, 4) is 0 Å². The number of nitrogens with one attached hydrogen (secondary N) is 2. The molecular formula is C14H14ClN5. The molecule has 0 atom stereocenters. The Morgan fingerprint density at radius 3 is 3.15 bits per heavy atom. The van der Waals surface area contributed by atoms with Crippen molar-refractivity contribution in [1.29, 1.82) is 0 Å². The van der Waals surface area contributed by atoms with Gasteiger partial charge >= 0.3 is 0 Å². The molecule has 0 radical (unpaired) electrons. The molecule has 2 aromatic heterocycles. The molecule has 1 aliphatic rings. The minimum Gasteiger partial charge on any atom is -0.365 e. The monoisotopic (exact) mass is 287 g/mol. The summed E-state index contributed by atoms with van der Waals surface area (Å²) in [6.07, 6.45) is 2.81. The van der Waals surface area contributed by atoms with Crippen LogP contribution in [0, 0.1) is 6.92 Å². The molecule has 3 heterocycles. The predicted molar refractivity (Wildman–Crippen MR) is 79.2 cm³/mol. The molecule has 0 aliphatic carbocycles. The Kier molecular flexibility index (Phi) is 2.50. The summed E-state index contributed by atoms with van der Waals surface area (Å²) in [7, 11) is 0. The lowest BCUT2D eigenvalue weighted by atomic mass is 10.1. The van der Waals surface area contributed by atoms with Crippen molar-refractivity contribution in [3.05, 3.63) is 40.6 Å². The zero-order valence-corrected chi connectivity index (χ0v) is 11.8. The summed E-state index contributed by atoms with van der Waals surface area (Å²) in [6.45, 7) is 3.77. The Balaban J connectivity index is 1.79. The molecule has 6 heteroatoms. The number of imidazole rings is 1. The number of aromatic amines is 2. The van der Waals surface area contributed by atoms with Gasteiger partial charge < -0.3 is 9.88 Å². The van der Waals surface area contributed by atoms with Gasteiger partial charge in [0, 0.05) is 29.1 Å². The fourth-order valence-electron chi connectivity index (χ4n) is 2.90. The molecule has 0 spiro atoms. The fraction of sp³-hybridized carbons (Fsp3) is 0.286. The van der Waals surface area contributed by atoms with Crippen molar-refractivity contribution in [3.63, 3.8) is 0 Å². The van der Waals surface area contributed by atoms with E-state index < -0.39 is 0 Å². The molecule has 0 bridgehead atoms. The highest BCUT2D eigenvalue weighted by molar-refractivity contribution is 6.31. The van der Waals surface area contributed by atoms with Crippen molar-refractivity contribution in [2.45, 2.75) is 19.9 Å². The van der Waals surface area contributed by atoms with Crippen LogP contribution in [-0.4, -0.2) is 26.7 Å². The third kappa shape index (κ3) is 1.78. The molecule has 4 rings (SSSR count). The van der Waals surface area contributed by atoms with Crippen molar-refractivity contribution < 1.29 is 0 Å². The highest BCUT2D eigenvalue weighted by Crippen LogP contribution is 2.32.